The first-order chi connectivity index (χ1) is 14.4. The molecule has 4 amide bonds. The molecule has 1 fully saturated rings. The molecule has 156 valence electrons. The van der Waals surface area contributed by atoms with E-state index in [1.807, 2.05) is 30.3 Å². The van der Waals surface area contributed by atoms with Crippen molar-refractivity contribution in [2.75, 3.05) is 13.7 Å². The molecule has 2 aromatic rings. The number of nitrogens with zero attached hydrogens (tertiary/aromatic N) is 1. The van der Waals surface area contributed by atoms with Gasteiger partial charge in [0.05, 0.1) is 7.11 Å². The maximum absolute atomic E-state index is 13.1. The molecular formula is C23H25N3O4. The largest absolute Gasteiger partial charge is 0.497 e. The van der Waals surface area contributed by atoms with Gasteiger partial charge >= 0.3 is 6.03 Å². The van der Waals surface area contributed by atoms with Crippen LogP contribution in [0.3, 0.4) is 0 Å². The summed E-state index contributed by atoms with van der Waals surface area (Å²) >= 11 is 0. The van der Waals surface area contributed by atoms with Crippen LogP contribution in [-0.4, -0.2) is 36.4 Å². The lowest BCUT2D eigenvalue weighted by molar-refractivity contribution is -0.134. The van der Waals surface area contributed by atoms with Crippen molar-refractivity contribution in [1.29, 1.82) is 0 Å². The molecule has 2 aromatic carbocycles. The topological polar surface area (TPSA) is 87.7 Å². The summed E-state index contributed by atoms with van der Waals surface area (Å²) in [6, 6.07) is 12.7. The highest BCUT2D eigenvalue weighted by Crippen LogP contribution is 2.32. The van der Waals surface area contributed by atoms with Gasteiger partial charge < -0.3 is 15.4 Å². The van der Waals surface area contributed by atoms with Gasteiger partial charge in [0.1, 0.15) is 17.8 Å². The van der Waals surface area contributed by atoms with Crippen LogP contribution in [0.15, 0.2) is 42.5 Å². The highest BCUT2D eigenvalue weighted by molar-refractivity contribution is 6.09. The smallest absolute Gasteiger partial charge is 0.325 e. The SMILES string of the molecule is COc1ccc(CNC(=O)CN2C(=O)N[C@@](C)(c3ccc4c(c3)CCC4)C2=O)cc1. The van der Waals surface area contributed by atoms with E-state index in [-0.39, 0.29) is 6.54 Å². The van der Waals surface area contributed by atoms with Crippen LogP contribution in [0.25, 0.3) is 0 Å². The second kappa shape index (κ2) is 7.82. The van der Waals surface area contributed by atoms with Crippen LogP contribution in [0.1, 0.15) is 35.6 Å². The number of carbonyl (C=O) groups excluding carboxylic acids is 3. The van der Waals surface area contributed by atoms with Crippen LogP contribution < -0.4 is 15.4 Å². The lowest BCUT2D eigenvalue weighted by Gasteiger charge is -2.23. The van der Waals surface area contributed by atoms with Crippen molar-refractivity contribution in [1.82, 2.24) is 15.5 Å². The first kappa shape index (κ1) is 19.9. The number of nitrogens with one attached hydrogen (secondary N) is 2. The normalized spacial score (nSPS) is 20.1. The number of aryl methyl sites for hydroxylation is 2. The Morgan fingerprint density at radius 2 is 1.87 bits per heavy atom. The summed E-state index contributed by atoms with van der Waals surface area (Å²) in [5.41, 5.74) is 3.01. The summed E-state index contributed by atoms with van der Waals surface area (Å²) < 4.78 is 5.11. The molecule has 2 N–H and O–H groups in total. The fourth-order valence-corrected chi connectivity index (χ4v) is 4.06. The number of rotatable bonds is 6. The standard InChI is InChI=1S/C23H25N3O4/c1-23(18-9-8-16-4-3-5-17(16)12-18)21(28)26(22(29)25-23)14-20(27)24-13-15-6-10-19(30-2)11-7-15/h6-12H,3-5,13-14H2,1-2H3,(H,24,27)(H,25,29)/t23-/m0/s1. The van der Waals surface area contributed by atoms with E-state index >= 15 is 0 Å². The van der Waals surface area contributed by atoms with Crippen molar-refractivity contribution in [2.45, 2.75) is 38.3 Å². The fraction of sp³-hybridized carbons (Fsp3) is 0.348. The number of methoxy groups -OCH3 is 1. The summed E-state index contributed by atoms with van der Waals surface area (Å²) in [6.45, 7) is 1.68. The number of carbonyl (C=O) groups is 3. The number of urea groups is 1. The van der Waals surface area contributed by atoms with Crippen molar-refractivity contribution in [3.05, 3.63) is 64.7 Å². The highest BCUT2D eigenvalue weighted by Gasteiger charge is 2.49. The number of amides is 4. The number of ether oxygens (including phenoxy) is 1. The zero-order chi connectivity index (χ0) is 21.3. The average molecular weight is 407 g/mol. The first-order valence-electron chi connectivity index (χ1n) is 10.1. The van der Waals surface area contributed by atoms with Crippen LogP contribution in [-0.2, 0) is 34.5 Å². The lowest BCUT2D eigenvalue weighted by Crippen LogP contribution is -2.43. The number of imide groups is 1. The molecule has 1 aliphatic heterocycles. The Labute approximate surface area is 175 Å². The van der Waals surface area contributed by atoms with Crippen LogP contribution in [0, 0.1) is 0 Å². The van der Waals surface area contributed by atoms with E-state index in [1.54, 1.807) is 26.2 Å². The molecule has 1 heterocycles. The third kappa shape index (κ3) is 3.63. The highest BCUT2D eigenvalue weighted by atomic mass is 16.5. The quantitative estimate of drug-likeness (QED) is 0.719. The molecule has 4 rings (SSSR count). The summed E-state index contributed by atoms with van der Waals surface area (Å²) in [5.74, 6) is -0.0761. The van der Waals surface area contributed by atoms with Crippen molar-refractivity contribution in [3.63, 3.8) is 0 Å². The van der Waals surface area contributed by atoms with Gasteiger partial charge in [-0.3, -0.25) is 14.5 Å². The van der Waals surface area contributed by atoms with Crippen LogP contribution in [0.4, 0.5) is 4.79 Å². The zero-order valence-electron chi connectivity index (χ0n) is 17.2. The maximum atomic E-state index is 13.1. The Kier molecular flexibility index (Phi) is 5.20. The Morgan fingerprint density at radius 1 is 1.13 bits per heavy atom. The molecule has 2 aliphatic rings. The molecule has 0 saturated carbocycles. The van der Waals surface area contributed by atoms with Crippen LogP contribution in [0.5, 0.6) is 5.75 Å². The fourth-order valence-electron chi connectivity index (χ4n) is 4.06. The summed E-state index contributed by atoms with van der Waals surface area (Å²) in [7, 11) is 1.59. The predicted molar refractivity (Wildman–Crippen MR) is 111 cm³/mol. The van der Waals surface area contributed by atoms with Crippen LogP contribution in [0.2, 0.25) is 0 Å². The second-order valence-corrected chi connectivity index (χ2v) is 7.91. The van der Waals surface area contributed by atoms with Crippen molar-refractivity contribution in [2.24, 2.45) is 0 Å². The van der Waals surface area contributed by atoms with E-state index in [4.69, 9.17) is 4.74 Å². The molecule has 7 nitrogen and oxygen atoms in total. The van der Waals surface area contributed by atoms with Crippen molar-refractivity contribution >= 4 is 17.8 Å². The molecule has 0 radical (unpaired) electrons. The van der Waals surface area contributed by atoms with E-state index in [9.17, 15) is 14.4 Å². The summed E-state index contributed by atoms with van der Waals surface area (Å²) in [6.07, 6.45) is 3.14. The molecule has 1 aliphatic carbocycles. The zero-order valence-corrected chi connectivity index (χ0v) is 17.2. The maximum Gasteiger partial charge on any atom is 0.325 e. The minimum absolute atomic E-state index is 0.300. The van der Waals surface area contributed by atoms with Gasteiger partial charge in [-0.1, -0.05) is 30.3 Å². The minimum Gasteiger partial charge on any atom is -0.497 e. The molecule has 0 unspecified atom stereocenters. The summed E-state index contributed by atoms with van der Waals surface area (Å²) in [5, 5.41) is 5.52. The van der Waals surface area contributed by atoms with Gasteiger partial charge in [-0.2, -0.15) is 0 Å². The molecule has 30 heavy (non-hydrogen) atoms. The molecule has 1 saturated heterocycles. The van der Waals surface area contributed by atoms with Gasteiger partial charge in [0.2, 0.25) is 5.91 Å². The van der Waals surface area contributed by atoms with Gasteiger partial charge in [0, 0.05) is 6.54 Å². The van der Waals surface area contributed by atoms with Gasteiger partial charge in [0.25, 0.3) is 5.91 Å². The molecule has 0 spiro atoms. The number of hydrogen-bond acceptors (Lipinski definition) is 4. The Hall–Kier alpha value is -3.35. The van der Waals surface area contributed by atoms with E-state index in [0.29, 0.717) is 6.54 Å². The molecule has 0 bridgehead atoms. The predicted octanol–water partition coefficient (Wildman–Crippen LogP) is 2.27. The van der Waals surface area contributed by atoms with Gasteiger partial charge in [-0.15, -0.1) is 0 Å². The molecular weight excluding hydrogens is 382 g/mol. The Balaban J connectivity index is 1.41. The van der Waals surface area contributed by atoms with Gasteiger partial charge in [-0.25, -0.2) is 4.79 Å². The monoisotopic (exact) mass is 407 g/mol. The van der Waals surface area contributed by atoms with E-state index in [0.717, 1.165) is 41.0 Å². The number of benzene rings is 2. The molecule has 0 aromatic heterocycles. The lowest BCUT2D eigenvalue weighted by atomic mass is 9.89. The minimum atomic E-state index is -1.16. The number of fused-ring (bicyclic) bond motifs is 1. The number of hydrogen-bond donors (Lipinski definition) is 2. The van der Waals surface area contributed by atoms with Crippen molar-refractivity contribution in [3.8, 4) is 5.75 Å². The van der Waals surface area contributed by atoms with Gasteiger partial charge in [0.15, 0.2) is 0 Å². The molecule has 1 atom stereocenters. The van der Waals surface area contributed by atoms with Crippen molar-refractivity contribution < 1.29 is 19.1 Å². The Bertz CT molecular complexity index is 1000. The van der Waals surface area contributed by atoms with Gasteiger partial charge in [-0.05, 0) is 60.6 Å². The third-order valence-corrected chi connectivity index (χ3v) is 5.90. The third-order valence-electron chi connectivity index (χ3n) is 5.90. The Morgan fingerprint density at radius 3 is 2.60 bits per heavy atom. The average Bonchev–Trinajstić information content (AvgIpc) is 3.31. The van der Waals surface area contributed by atoms with E-state index in [1.165, 1.54) is 11.1 Å². The molecule has 7 heteroatoms. The first-order valence-corrected chi connectivity index (χ1v) is 10.1. The van der Waals surface area contributed by atoms with E-state index in [2.05, 4.69) is 10.6 Å². The van der Waals surface area contributed by atoms with E-state index < -0.39 is 23.4 Å². The van der Waals surface area contributed by atoms with Crippen LogP contribution >= 0.6 is 0 Å². The summed E-state index contributed by atoms with van der Waals surface area (Å²) in [4.78, 5) is 38.9. The second-order valence-electron chi connectivity index (χ2n) is 7.91.